The van der Waals surface area contributed by atoms with Crippen molar-refractivity contribution in [1.29, 1.82) is 0 Å². The van der Waals surface area contributed by atoms with Crippen LogP contribution in [-0.4, -0.2) is 35.8 Å². The van der Waals surface area contributed by atoms with E-state index in [1.807, 2.05) is 44.2 Å². The summed E-state index contributed by atoms with van der Waals surface area (Å²) in [5, 5.41) is -0.364. The average Bonchev–Trinajstić information content (AvgIpc) is 3.13. The highest BCUT2D eigenvalue weighted by Gasteiger charge is 2.34. The fraction of sp³-hybridized carbons (Fsp3) is 0.214. The normalized spacial score (nSPS) is 14.4. The van der Waals surface area contributed by atoms with E-state index in [0.29, 0.717) is 40.9 Å². The average molecular weight is 508 g/mol. The van der Waals surface area contributed by atoms with Gasteiger partial charge in [-0.05, 0) is 79.2 Å². The van der Waals surface area contributed by atoms with Gasteiger partial charge in [-0.2, -0.15) is 0 Å². The highest BCUT2D eigenvalue weighted by atomic mass is 32.2. The maximum absolute atomic E-state index is 13.0. The minimum Gasteiger partial charge on any atom is -0.492 e. The first-order valence-corrected chi connectivity index (χ1v) is 12.3. The van der Waals surface area contributed by atoms with Crippen LogP contribution >= 0.6 is 11.8 Å². The Morgan fingerprint density at radius 3 is 2.39 bits per heavy atom. The van der Waals surface area contributed by atoms with Crippen molar-refractivity contribution in [2.75, 3.05) is 19.8 Å². The Labute approximate surface area is 213 Å². The van der Waals surface area contributed by atoms with Gasteiger partial charge in [-0.25, -0.2) is 4.39 Å². The Bertz CT molecular complexity index is 1260. The highest BCUT2D eigenvalue weighted by molar-refractivity contribution is 8.18. The predicted molar refractivity (Wildman–Crippen MR) is 138 cm³/mol. The van der Waals surface area contributed by atoms with Gasteiger partial charge in [0.15, 0.2) is 11.5 Å². The van der Waals surface area contributed by atoms with E-state index in [1.54, 1.807) is 18.2 Å². The summed E-state index contributed by atoms with van der Waals surface area (Å²) in [5.41, 5.74) is 2.95. The second-order valence-corrected chi connectivity index (χ2v) is 9.04. The van der Waals surface area contributed by atoms with Crippen molar-refractivity contribution in [2.24, 2.45) is 0 Å². The molecule has 0 aromatic heterocycles. The Balaban J connectivity index is 1.41. The Kier molecular flexibility index (Phi) is 8.28. The van der Waals surface area contributed by atoms with Crippen molar-refractivity contribution >= 4 is 29.0 Å². The molecule has 1 aliphatic heterocycles. The van der Waals surface area contributed by atoms with E-state index in [1.165, 1.54) is 29.8 Å². The molecule has 186 valence electrons. The van der Waals surface area contributed by atoms with Gasteiger partial charge in [0.2, 0.25) is 0 Å². The maximum atomic E-state index is 13.0. The number of ether oxygens (including phenoxy) is 3. The molecule has 4 rings (SSSR count). The standard InChI is InChI=1S/C28H26FNO5S/c1-3-33-25-16-21(8-13-24(25)35-18-20-6-4-19(2)5-7-20)17-26-27(31)30(28(32)36-26)14-15-34-23-11-9-22(29)10-12-23/h4-13,16-17H,3,14-15,18H2,1-2H3/b26-17-. The lowest BCUT2D eigenvalue weighted by Crippen LogP contribution is -2.32. The molecule has 1 saturated heterocycles. The van der Waals surface area contributed by atoms with Gasteiger partial charge in [-0.15, -0.1) is 0 Å². The van der Waals surface area contributed by atoms with Crippen LogP contribution in [0.15, 0.2) is 71.6 Å². The van der Waals surface area contributed by atoms with E-state index in [4.69, 9.17) is 14.2 Å². The minimum absolute atomic E-state index is 0.0926. The molecule has 0 radical (unpaired) electrons. The molecule has 3 aromatic carbocycles. The van der Waals surface area contributed by atoms with Crippen molar-refractivity contribution in [2.45, 2.75) is 20.5 Å². The van der Waals surface area contributed by atoms with Crippen molar-refractivity contribution in [1.82, 2.24) is 4.90 Å². The topological polar surface area (TPSA) is 65.1 Å². The predicted octanol–water partition coefficient (Wildman–Crippen LogP) is 6.23. The number of benzene rings is 3. The summed E-state index contributed by atoms with van der Waals surface area (Å²) in [6, 6.07) is 19.1. The molecule has 0 atom stereocenters. The fourth-order valence-electron chi connectivity index (χ4n) is 3.48. The SMILES string of the molecule is CCOc1cc(/C=C2\SC(=O)N(CCOc3ccc(F)cc3)C2=O)ccc1OCc1ccc(C)cc1. The van der Waals surface area contributed by atoms with Crippen LogP contribution < -0.4 is 14.2 Å². The van der Waals surface area contributed by atoms with Gasteiger partial charge >= 0.3 is 0 Å². The number of carbonyl (C=O) groups is 2. The zero-order valence-electron chi connectivity index (χ0n) is 20.0. The first kappa shape index (κ1) is 25.3. The molecule has 0 spiro atoms. The van der Waals surface area contributed by atoms with Crippen LogP contribution in [0.5, 0.6) is 17.2 Å². The summed E-state index contributed by atoms with van der Waals surface area (Å²) >= 11 is 0.878. The molecular weight excluding hydrogens is 481 g/mol. The second kappa shape index (κ2) is 11.8. The molecule has 1 heterocycles. The third-order valence-electron chi connectivity index (χ3n) is 5.35. The van der Waals surface area contributed by atoms with Crippen molar-refractivity contribution in [3.63, 3.8) is 0 Å². The molecule has 1 aliphatic rings. The Morgan fingerprint density at radius 1 is 0.917 bits per heavy atom. The zero-order valence-corrected chi connectivity index (χ0v) is 20.8. The number of hydrogen-bond donors (Lipinski definition) is 0. The molecule has 0 N–H and O–H groups in total. The van der Waals surface area contributed by atoms with Gasteiger partial charge in [-0.1, -0.05) is 35.9 Å². The van der Waals surface area contributed by atoms with E-state index in [2.05, 4.69) is 0 Å². The van der Waals surface area contributed by atoms with Crippen LogP contribution in [0.3, 0.4) is 0 Å². The molecule has 6 nitrogen and oxygen atoms in total. The second-order valence-electron chi connectivity index (χ2n) is 8.05. The number of hydrogen-bond acceptors (Lipinski definition) is 6. The largest absolute Gasteiger partial charge is 0.492 e. The number of thioether (sulfide) groups is 1. The third kappa shape index (κ3) is 6.46. The summed E-state index contributed by atoms with van der Waals surface area (Å²) in [6.07, 6.45) is 1.66. The molecule has 36 heavy (non-hydrogen) atoms. The lowest BCUT2D eigenvalue weighted by molar-refractivity contribution is -0.123. The molecule has 2 amide bonds. The molecule has 3 aromatic rings. The van der Waals surface area contributed by atoms with Crippen LogP contribution in [0, 0.1) is 12.7 Å². The van der Waals surface area contributed by atoms with E-state index in [9.17, 15) is 14.0 Å². The number of carbonyl (C=O) groups excluding carboxylic acids is 2. The maximum Gasteiger partial charge on any atom is 0.293 e. The van der Waals surface area contributed by atoms with Crippen molar-refractivity contribution < 1.29 is 28.2 Å². The van der Waals surface area contributed by atoms with Gasteiger partial charge < -0.3 is 14.2 Å². The number of amides is 2. The van der Waals surface area contributed by atoms with Crippen molar-refractivity contribution in [3.05, 3.63) is 94.1 Å². The molecule has 0 unspecified atom stereocenters. The van der Waals surface area contributed by atoms with Gasteiger partial charge in [0, 0.05) is 0 Å². The number of imide groups is 1. The van der Waals surface area contributed by atoms with Crippen LogP contribution in [0.1, 0.15) is 23.6 Å². The summed E-state index contributed by atoms with van der Waals surface area (Å²) in [6.45, 7) is 4.98. The molecular formula is C28H26FNO5S. The monoisotopic (exact) mass is 507 g/mol. The highest BCUT2D eigenvalue weighted by Crippen LogP contribution is 2.35. The third-order valence-corrected chi connectivity index (χ3v) is 6.26. The lowest BCUT2D eigenvalue weighted by Gasteiger charge is -2.13. The van der Waals surface area contributed by atoms with Gasteiger partial charge in [0.05, 0.1) is 18.1 Å². The summed E-state index contributed by atoms with van der Waals surface area (Å²) in [4.78, 5) is 26.7. The minimum atomic E-state index is -0.384. The first-order valence-electron chi connectivity index (χ1n) is 11.5. The summed E-state index contributed by atoms with van der Waals surface area (Å²) < 4.78 is 30.3. The molecule has 0 saturated carbocycles. The van der Waals surface area contributed by atoms with Gasteiger partial charge in [-0.3, -0.25) is 14.5 Å². The number of halogens is 1. The number of nitrogens with zero attached hydrogens (tertiary/aromatic N) is 1. The van der Waals surface area contributed by atoms with E-state index >= 15 is 0 Å². The van der Waals surface area contributed by atoms with E-state index in [0.717, 1.165) is 22.2 Å². The Hall–Kier alpha value is -3.78. The summed E-state index contributed by atoms with van der Waals surface area (Å²) in [5.74, 6) is 0.875. The van der Waals surface area contributed by atoms with Gasteiger partial charge in [0.1, 0.15) is 24.8 Å². The number of rotatable bonds is 10. The fourth-order valence-corrected chi connectivity index (χ4v) is 4.34. The molecule has 1 fully saturated rings. The zero-order chi connectivity index (χ0) is 25.5. The molecule has 0 aliphatic carbocycles. The summed E-state index contributed by atoms with van der Waals surface area (Å²) in [7, 11) is 0. The van der Waals surface area contributed by atoms with Crippen LogP contribution in [-0.2, 0) is 11.4 Å². The quantitative estimate of drug-likeness (QED) is 0.303. The first-order chi connectivity index (χ1) is 17.4. The Morgan fingerprint density at radius 2 is 1.67 bits per heavy atom. The number of aryl methyl sites for hydroxylation is 1. The molecule has 0 bridgehead atoms. The van der Waals surface area contributed by atoms with Crippen LogP contribution in [0.25, 0.3) is 6.08 Å². The smallest absolute Gasteiger partial charge is 0.293 e. The molecule has 8 heteroatoms. The van der Waals surface area contributed by atoms with Crippen LogP contribution in [0.2, 0.25) is 0 Å². The van der Waals surface area contributed by atoms with Gasteiger partial charge in [0.25, 0.3) is 11.1 Å². The lowest BCUT2D eigenvalue weighted by atomic mass is 10.1. The van der Waals surface area contributed by atoms with E-state index in [-0.39, 0.29) is 30.1 Å². The van der Waals surface area contributed by atoms with E-state index < -0.39 is 0 Å². The van der Waals surface area contributed by atoms with Crippen LogP contribution in [0.4, 0.5) is 9.18 Å². The van der Waals surface area contributed by atoms with Crippen molar-refractivity contribution in [3.8, 4) is 17.2 Å².